The summed E-state index contributed by atoms with van der Waals surface area (Å²) in [6.07, 6.45) is -2.07. The van der Waals surface area contributed by atoms with Gasteiger partial charge in [0.1, 0.15) is 0 Å². The van der Waals surface area contributed by atoms with Crippen molar-refractivity contribution in [3.05, 3.63) is 77.4 Å². The van der Waals surface area contributed by atoms with Crippen molar-refractivity contribution in [1.82, 2.24) is 4.98 Å². The first-order chi connectivity index (χ1) is 12.4. The molecule has 0 unspecified atom stereocenters. The minimum atomic E-state index is -4.36. The van der Waals surface area contributed by atoms with Gasteiger partial charge in [0.2, 0.25) is 0 Å². The van der Waals surface area contributed by atoms with Crippen molar-refractivity contribution in [2.24, 2.45) is 0 Å². The van der Waals surface area contributed by atoms with Gasteiger partial charge in [-0.1, -0.05) is 48.0 Å². The maximum absolute atomic E-state index is 13.0. The Bertz CT molecular complexity index is 938. The van der Waals surface area contributed by atoms with Crippen LogP contribution in [0.5, 0.6) is 0 Å². The van der Waals surface area contributed by atoms with Crippen molar-refractivity contribution >= 4 is 0 Å². The molecular formula is C22H18F3N. The highest BCUT2D eigenvalue weighted by molar-refractivity contribution is 5.70. The summed E-state index contributed by atoms with van der Waals surface area (Å²) < 4.78 is 39.1. The smallest absolute Gasteiger partial charge is 0.247 e. The molecule has 0 amide bonds. The fraction of sp³-hybridized carbons (Fsp3) is 0.227. The van der Waals surface area contributed by atoms with E-state index in [0.717, 1.165) is 41.8 Å². The summed E-state index contributed by atoms with van der Waals surface area (Å²) in [5, 5.41) is 0. The van der Waals surface area contributed by atoms with E-state index in [1.165, 1.54) is 11.6 Å². The molecule has 4 rings (SSSR count). The molecule has 132 valence electrons. The second kappa shape index (κ2) is 6.27. The summed E-state index contributed by atoms with van der Waals surface area (Å²) in [6, 6.07) is 17.3. The molecule has 0 bridgehead atoms. The highest BCUT2D eigenvalue weighted by atomic mass is 19.4. The quantitative estimate of drug-likeness (QED) is 0.515. The summed E-state index contributed by atoms with van der Waals surface area (Å²) in [7, 11) is 0. The van der Waals surface area contributed by atoms with Crippen molar-refractivity contribution in [3.8, 4) is 22.5 Å². The SMILES string of the molecule is Cc1ccc(-c2nc(-c3cccc(C(F)(F)F)c3)ccc2C2CC2)cc1. The van der Waals surface area contributed by atoms with Crippen LogP contribution in [-0.4, -0.2) is 4.98 Å². The number of hydrogen-bond acceptors (Lipinski definition) is 1. The minimum absolute atomic E-state index is 0.482. The third kappa shape index (κ3) is 3.36. The topological polar surface area (TPSA) is 12.9 Å². The molecule has 1 saturated carbocycles. The third-order valence-corrected chi connectivity index (χ3v) is 4.75. The Kier molecular flexibility index (Phi) is 4.06. The molecule has 1 aliphatic rings. The largest absolute Gasteiger partial charge is 0.416 e. The predicted molar refractivity (Wildman–Crippen MR) is 96.8 cm³/mol. The molecule has 0 spiro atoms. The lowest BCUT2D eigenvalue weighted by Crippen LogP contribution is -2.04. The van der Waals surface area contributed by atoms with E-state index < -0.39 is 11.7 Å². The standard InChI is InChI=1S/C22H18F3N/c1-14-5-7-16(8-6-14)21-19(15-9-10-15)11-12-20(26-21)17-3-2-4-18(13-17)22(23,24)25/h2-8,11-13,15H,9-10H2,1H3. The number of hydrogen-bond donors (Lipinski definition) is 0. The van der Waals surface area contributed by atoms with Crippen LogP contribution in [0.3, 0.4) is 0 Å². The molecule has 2 aromatic carbocycles. The lowest BCUT2D eigenvalue weighted by Gasteiger charge is -2.13. The molecule has 0 aliphatic heterocycles. The van der Waals surface area contributed by atoms with Crippen LogP contribution in [-0.2, 0) is 6.18 Å². The number of halogens is 3. The Labute approximate surface area is 150 Å². The summed E-state index contributed by atoms with van der Waals surface area (Å²) in [6.45, 7) is 2.03. The van der Waals surface area contributed by atoms with E-state index in [9.17, 15) is 13.2 Å². The minimum Gasteiger partial charge on any atom is -0.247 e. The second-order valence-electron chi connectivity index (χ2n) is 6.85. The van der Waals surface area contributed by atoms with Crippen LogP contribution in [0.25, 0.3) is 22.5 Å². The molecule has 0 radical (unpaired) electrons. The highest BCUT2D eigenvalue weighted by Crippen LogP contribution is 2.44. The molecule has 1 nitrogen and oxygen atoms in total. The summed E-state index contributed by atoms with van der Waals surface area (Å²) >= 11 is 0. The molecular weight excluding hydrogens is 335 g/mol. The van der Waals surface area contributed by atoms with Gasteiger partial charge in [0.05, 0.1) is 17.0 Å². The first-order valence-electron chi connectivity index (χ1n) is 8.67. The van der Waals surface area contributed by atoms with Gasteiger partial charge in [-0.2, -0.15) is 13.2 Å². The molecule has 1 fully saturated rings. The van der Waals surface area contributed by atoms with Crippen molar-refractivity contribution < 1.29 is 13.2 Å². The first kappa shape index (κ1) is 16.8. The maximum Gasteiger partial charge on any atom is 0.416 e. The fourth-order valence-corrected chi connectivity index (χ4v) is 3.15. The van der Waals surface area contributed by atoms with E-state index >= 15 is 0 Å². The van der Waals surface area contributed by atoms with E-state index in [1.807, 2.05) is 43.3 Å². The van der Waals surface area contributed by atoms with Crippen LogP contribution >= 0.6 is 0 Å². The van der Waals surface area contributed by atoms with Crippen LogP contribution in [0.2, 0.25) is 0 Å². The van der Waals surface area contributed by atoms with E-state index in [-0.39, 0.29) is 0 Å². The van der Waals surface area contributed by atoms with Crippen molar-refractivity contribution in [2.45, 2.75) is 31.9 Å². The van der Waals surface area contributed by atoms with Crippen LogP contribution < -0.4 is 0 Å². The van der Waals surface area contributed by atoms with Crippen molar-refractivity contribution in [2.75, 3.05) is 0 Å². The van der Waals surface area contributed by atoms with E-state index in [1.54, 1.807) is 6.07 Å². The number of benzene rings is 2. The van der Waals surface area contributed by atoms with Crippen molar-refractivity contribution in [3.63, 3.8) is 0 Å². The Morgan fingerprint density at radius 3 is 2.27 bits per heavy atom. The summed E-state index contributed by atoms with van der Waals surface area (Å²) in [5.41, 5.74) is 4.63. The molecule has 1 heterocycles. The van der Waals surface area contributed by atoms with Gasteiger partial charge < -0.3 is 0 Å². The Morgan fingerprint density at radius 2 is 1.62 bits per heavy atom. The fourth-order valence-electron chi connectivity index (χ4n) is 3.15. The van der Waals surface area contributed by atoms with Gasteiger partial charge >= 0.3 is 6.18 Å². The van der Waals surface area contributed by atoms with Crippen LogP contribution in [0.15, 0.2) is 60.7 Å². The Morgan fingerprint density at radius 1 is 0.885 bits per heavy atom. The van der Waals surface area contributed by atoms with Gasteiger partial charge in [0.25, 0.3) is 0 Å². The molecule has 1 aromatic heterocycles. The summed E-state index contributed by atoms with van der Waals surface area (Å²) in [5.74, 6) is 0.509. The lowest BCUT2D eigenvalue weighted by atomic mass is 9.99. The Balaban J connectivity index is 1.81. The normalized spacial score (nSPS) is 14.5. The average Bonchev–Trinajstić information content (AvgIpc) is 3.46. The molecule has 0 atom stereocenters. The maximum atomic E-state index is 13.0. The highest BCUT2D eigenvalue weighted by Gasteiger charge is 2.31. The van der Waals surface area contributed by atoms with Gasteiger partial charge in [-0.25, -0.2) is 4.98 Å². The van der Waals surface area contributed by atoms with E-state index in [2.05, 4.69) is 0 Å². The Hall–Kier alpha value is -2.62. The number of aromatic nitrogens is 1. The number of rotatable bonds is 3. The zero-order valence-electron chi connectivity index (χ0n) is 14.3. The van der Waals surface area contributed by atoms with Gasteiger partial charge in [-0.3, -0.25) is 0 Å². The predicted octanol–water partition coefficient (Wildman–Crippen LogP) is 6.62. The number of pyridine rings is 1. The van der Waals surface area contributed by atoms with Crippen LogP contribution in [0.1, 0.15) is 35.4 Å². The zero-order chi connectivity index (χ0) is 18.3. The van der Waals surface area contributed by atoms with E-state index in [0.29, 0.717) is 17.2 Å². The first-order valence-corrected chi connectivity index (χ1v) is 8.67. The van der Waals surface area contributed by atoms with Crippen LogP contribution in [0, 0.1) is 6.92 Å². The van der Waals surface area contributed by atoms with E-state index in [4.69, 9.17) is 4.98 Å². The lowest BCUT2D eigenvalue weighted by molar-refractivity contribution is -0.137. The summed E-state index contributed by atoms with van der Waals surface area (Å²) in [4.78, 5) is 4.76. The molecule has 26 heavy (non-hydrogen) atoms. The van der Waals surface area contributed by atoms with Gasteiger partial charge in [-0.15, -0.1) is 0 Å². The monoisotopic (exact) mass is 353 g/mol. The number of aryl methyl sites for hydroxylation is 1. The zero-order valence-corrected chi connectivity index (χ0v) is 14.3. The molecule has 0 N–H and O–H groups in total. The molecule has 3 aromatic rings. The van der Waals surface area contributed by atoms with Crippen molar-refractivity contribution in [1.29, 1.82) is 0 Å². The molecule has 0 saturated heterocycles. The van der Waals surface area contributed by atoms with Crippen LogP contribution in [0.4, 0.5) is 13.2 Å². The van der Waals surface area contributed by atoms with Gasteiger partial charge in [0, 0.05) is 11.1 Å². The van der Waals surface area contributed by atoms with Gasteiger partial charge in [0.15, 0.2) is 0 Å². The number of alkyl halides is 3. The van der Waals surface area contributed by atoms with Gasteiger partial charge in [-0.05, 0) is 49.4 Å². The third-order valence-electron chi connectivity index (χ3n) is 4.75. The second-order valence-corrected chi connectivity index (χ2v) is 6.85. The number of nitrogens with zero attached hydrogens (tertiary/aromatic N) is 1. The molecule has 4 heteroatoms. The average molecular weight is 353 g/mol. The molecule has 1 aliphatic carbocycles.